The summed E-state index contributed by atoms with van der Waals surface area (Å²) in [5.41, 5.74) is 3.83. The number of aromatic nitrogens is 1. The number of hydrogen-bond donors (Lipinski definition) is 1. The molecule has 0 bridgehead atoms. The van der Waals surface area contributed by atoms with Crippen molar-refractivity contribution >= 4 is 23.2 Å². The van der Waals surface area contributed by atoms with Crippen molar-refractivity contribution in [1.29, 1.82) is 0 Å². The molecule has 1 aromatic carbocycles. The van der Waals surface area contributed by atoms with Crippen molar-refractivity contribution in [2.45, 2.75) is 32.7 Å². The summed E-state index contributed by atoms with van der Waals surface area (Å²) in [6.07, 6.45) is 2.10. The van der Waals surface area contributed by atoms with Gasteiger partial charge in [-0.05, 0) is 54.8 Å². The average Bonchev–Trinajstić information content (AvgIpc) is 3.34. The molecule has 0 spiro atoms. The Morgan fingerprint density at radius 1 is 1.09 bits per heavy atom. The first kappa shape index (κ1) is 21.6. The Kier molecular flexibility index (Phi) is 5.89. The maximum Gasteiger partial charge on any atom is 0.258 e. The van der Waals surface area contributed by atoms with Crippen LogP contribution in [-0.2, 0) is 17.8 Å². The smallest absolute Gasteiger partial charge is 0.258 e. The van der Waals surface area contributed by atoms with Crippen molar-refractivity contribution < 1.29 is 9.59 Å². The van der Waals surface area contributed by atoms with E-state index in [1.54, 1.807) is 22.0 Å². The average molecular weight is 462 g/mol. The van der Waals surface area contributed by atoms with E-state index >= 15 is 0 Å². The van der Waals surface area contributed by atoms with E-state index in [4.69, 9.17) is 0 Å². The number of nitrogens with one attached hydrogen (secondary N) is 1. The zero-order chi connectivity index (χ0) is 22.9. The van der Waals surface area contributed by atoms with E-state index in [0.29, 0.717) is 50.1 Å². The molecule has 5 rings (SSSR count). The van der Waals surface area contributed by atoms with E-state index in [1.165, 1.54) is 5.56 Å². The van der Waals surface area contributed by atoms with Crippen molar-refractivity contribution in [2.75, 3.05) is 19.6 Å². The molecule has 33 heavy (non-hydrogen) atoms. The van der Waals surface area contributed by atoms with Crippen LogP contribution in [0.2, 0.25) is 0 Å². The number of likely N-dealkylation sites (tertiary alicyclic amines) is 1. The summed E-state index contributed by atoms with van der Waals surface area (Å²) in [6.45, 7) is 4.18. The van der Waals surface area contributed by atoms with Crippen LogP contribution in [0.1, 0.15) is 35.7 Å². The molecular formula is C26H27N3O3S. The van der Waals surface area contributed by atoms with Gasteiger partial charge in [0.05, 0.1) is 16.1 Å². The Morgan fingerprint density at radius 2 is 1.85 bits per heavy atom. The van der Waals surface area contributed by atoms with Crippen LogP contribution in [0.15, 0.2) is 52.6 Å². The van der Waals surface area contributed by atoms with Gasteiger partial charge in [-0.15, -0.1) is 11.3 Å². The fourth-order valence-corrected chi connectivity index (χ4v) is 5.94. The highest BCUT2D eigenvalue weighted by Gasteiger charge is 2.32. The van der Waals surface area contributed by atoms with Gasteiger partial charge in [0.2, 0.25) is 5.91 Å². The molecule has 1 N–H and O–H groups in total. The largest absolute Gasteiger partial charge is 0.356 e. The maximum atomic E-state index is 13.8. The highest BCUT2D eigenvalue weighted by molar-refractivity contribution is 7.13. The standard InChI is InChI=1S/C26H27N3O3S/c1-2-27-24(30)19-8-12-28(13-9-19)25(31)21-16-20(17-6-4-3-5-7-17)26(32)29-14-10-18-11-15-33-23(18)22(21)29/h3-7,11,15-16,19H,2,8-10,12-14H2,1H3,(H,27,30). The summed E-state index contributed by atoms with van der Waals surface area (Å²) in [5, 5.41) is 4.92. The molecule has 1 saturated heterocycles. The molecule has 2 aromatic heterocycles. The van der Waals surface area contributed by atoms with E-state index in [2.05, 4.69) is 11.4 Å². The molecule has 7 heteroatoms. The number of carbonyl (C=O) groups excluding carboxylic acids is 2. The Hall–Kier alpha value is -3.19. The second-order valence-corrected chi connectivity index (χ2v) is 9.55. The van der Waals surface area contributed by atoms with Gasteiger partial charge in [-0.25, -0.2) is 0 Å². The van der Waals surface area contributed by atoms with Crippen LogP contribution < -0.4 is 10.9 Å². The zero-order valence-electron chi connectivity index (χ0n) is 18.7. The lowest BCUT2D eigenvalue weighted by Gasteiger charge is -2.32. The lowest BCUT2D eigenvalue weighted by atomic mass is 9.94. The van der Waals surface area contributed by atoms with E-state index in [-0.39, 0.29) is 23.3 Å². The normalized spacial score (nSPS) is 15.6. The van der Waals surface area contributed by atoms with E-state index in [9.17, 15) is 14.4 Å². The monoisotopic (exact) mass is 461 g/mol. The minimum atomic E-state index is -0.0634. The van der Waals surface area contributed by atoms with Gasteiger partial charge < -0.3 is 14.8 Å². The van der Waals surface area contributed by atoms with Crippen LogP contribution in [0.3, 0.4) is 0 Å². The van der Waals surface area contributed by atoms with Gasteiger partial charge in [-0.3, -0.25) is 14.4 Å². The van der Waals surface area contributed by atoms with Crippen LogP contribution in [0.4, 0.5) is 0 Å². The summed E-state index contributed by atoms with van der Waals surface area (Å²) in [5.74, 6) is -0.0422. The van der Waals surface area contributed by atoms with Gasteiger partial charge in [-0.1, -0.05) is 30.3 Å². The zero-order valence-corrected chi connectivity index (χ0v) is 19.5. The molecule has 2 aliphatic heterocycles. The highest BCUT2D eigenvalue weighted by Crippen LogP contribution is 2.37. The first-order valence-electron chi connectivity index (χ1n) is 11.6. The highest BCUT2D eigenvalue weighted by atomic mass is 32.1. The van der Waals surface area contributed by atoms with Gasteiger partial charge in [0.25, 0.3) is 11.5 Å². The van der Waals surface area contributed by atoms with Gasteiger partial charge in [-0.2, -0.15) is 0 Å². The number of aryl methyl sites for hydroxylation is 1. The molecule has 6 nitrogen and oxygen atoms in total. The Bertz CT molecular complexity index is 1250. The molecule has 0 unspecified atom stereocenters. The van der Waals surface area contributed by atoms with E-state index < -0.39 is 0 Å². The summed E-state index contributed by atoms with van der Waals surface area (Å²) >= 11 is 1.58. The number of pyridine rings is 1. The molecule has 4 heterocycles. The molecule has 1 fully saturated rings. The topological polar surface area (TPSA) is 71.4 Å². The summed E-state index contributed by atoms with van der Waals surface area (Å²) in [7, 11) is 0. The third kappa shape index (κ3) is 3.91. The lowest BCUT2D eigenvalue weighted by Crippen LogP contribution is -2.43. The minimum absolute atomic E-state index is 0.0508. The van der Waals surface area contributed by atoms with Crippen molar-refractivity contribution in [3.8, 4) is 21.7 Å². The number of piperidine rings is 1. The fourth-order valence-electron chi connectivity index (χ4n) is 4.92. The first-order chi connectivity index (χ1) is 16.1. The third-order valence-electron chi connectivity index (χ3n) is 6.68. The minimum Gasteiger partial charge on any atom is -0.356 e. The quantitative estimate of drug-likeness (QED) is 0.643. The number of hydrogen-bond acceptors (Lipinski definition) is 4. The second-order valence-electron chi connectivity index (χ2n) is 8.63. The van der Waals surface area contributed by atoms with Crippen LogP contribution in [0, 0.1) is 5.92 Å². The van der Waals surface area contributed by atoms with Gasteiger partial charge >= 0.3 is 0 Å². The molecule has 2 amide bonds. The van der Waals surface area contributed by atoms with Crippen LogP contribution in [0.25, 0.3) is 21.7 Å². The predicted octanol–water partition coefficient (Wildman–Crippen LogP) is 3.79. The van der Waals surface area contributed by atoms with Crippen LogP contribution in [0.5, 0.6) is 0 Å². The molecular weight excluding hydrogens is 434 g/mol. The number of carbonyl (C=O) groups is 2. The summed E-state index contributed by atoms with van der Waals surface area (Å²) < 4.78 is 1.79. The maximum absolute atomic E-state index is 13.8. The predicted molar refractivity (Wildman–Crippen MR) is 130 cm³/mol. The van der Waals surface area contributed by atoms with Crippen molar-refractivity contribution in [3.63, 3.8) is 0 Å². The van der Waals surface area contributed by atoms with Crippen molar-refractivity contribution in [1.82, 2.24) is 14.8 Å². The van der Waals surface area contributed by atoms with Gasteiger partial charge in [0.1, 0.15) is 0 Å². The Morgan fingerprint density at radius 3 is 2.58 bits per heavy atom. The molecule has 170 valence electrons. The summed E-state index contributed by atoms with van der Waals surface area (Å²) in [4.78, 5) is 42.4. The second kappa shape index (κ2) is 8.98. The molecule has 0 saturated carbocycles. The molecule has 3 aromatic rings. The van der Waals surface area contributed by atoms with Crippen molar-refractivity contribution in [3.05, 3.63) is 69.3 Å². The van der Waals surface area contributed by atoms with Crippen LogP contribution in [-0.4, -0.2) is 40.9 Å². The SMILES string of the molecule is CCNC(=O)C1CCN(C(=O)c2cc(-c3ccccc3)c(=O)n3c2-c2sccc2CC3)CC1. The number of rotatable bonds is 4. The molecule has 2 aliphatic rings. The van der Waals surface area contributed by atoms with E-state index in [0.717, 1.165) is 22.6 Å². The Balaban J connectivity index is 1.55. The number of nitrogens with zero attached hydrogens (tertiary/aromatic N) is 2. The van der Waals surface area contributed by atoms with Gasteiger partial charge in [0.15, 0.2) is 0 Å². The number of fused-ring (bicyclic) bond motifs is 3. The van der Waals surface area contributed by atoms with Gasteiger partial charge in [0, 0.05) is 37.7 Å². The third-order valence-corrected chi connectivity index (χ3v) is 7.64. The number of amides is 2. The number of benzene rings is 1. The fraction of sp³-hybridized carbons (Fsp3) is 0.346. The van der Waals surface area contributed by atoms with Crippen molar-refractivity contribution in [2.24, 2.45) is 5.92 Å². The first-order valence-corrected chi connectivity index (χ1v) is 12.4. The summed E-state index contributed by atoms with van der Waals surface area (Å²) in [6, 6.07) is 13.4. The molecule has 0 radical (unpaired) electrons. The number of thiophene rings is 1. The van der Waals surface area contributed by atoms with E-state index in [1.807, 2.05) is 47.5 Å². The van der Waals surface area contributed by atoms with Crippen LogP contribution >= 0.6 is 11.3 Å². The molecule has 0 atom stereocenters. The lowest BCUT2D eigenvalue weighted by molar-refractivity contribution is -0.126. The Labute approximate surface area is 196 Å². The molecule has 0 aliphatic carbocycles.